The molecule has 1 aliphatic heterocycles. The van der Waals surface area contributed by atoms with E-state index >= 15 is 0 Å². The lowest BCUT2D eigenvalue weighted by molar-refractivity contribution is 0.0786. The van der Waals surface area contributed by atoms with Gasteiger partial charge in [0.05, 0.1) is 31.2 Å². The molecule has 0 saturated carbocycles. The van der Waals surface area contributed by atoms with Crippen molar-refractivity contribution >= 4 is 11.9 Å². The van der Waals surface area contributed by atoms with Crippen LogP contribution in [0.2, 0.25) is 0 Å². The standard InChI is InChI=1S/C24H27N3O2/c1-16-22-14-25-26(19-11-9-18(10-12-19)24(3,4)28)15-23(22)17(2)27(16)20-7-6-8-21(13-20)29-5/h6-14,28H,15H2,1-5H3. The van der Waals surface area contributed by atoms with Crippen LogP contribution in [-0.2, 0) is 12.1 Å². The van der Waals surface area contributed by atoms with E-state index in [-0.39, 0.29) is 0 Å². The number of ether oxygens (including phenoxy) is 1. The average molecular weight is 389 g/mol. The molecule has 1 aromatic heterocycles. The molecule has 0 unspecified atom stereocenters. The first-order chi connectivity index (χ1) is 13.8. The first-order valence-electron chi connectivity index (χ1n) is 9.79. The fourth-order valence-electron chi connectivity index (χ4n) is 3.95. The van der Waals surface area contributed by atoms with Gasteiger partial charge < -0.3 is 14.4 Å². The highest BCUT2D eigenvalue weighted by atomic mass is 16.5. The molecule has 29 heavy (non-hydrogen) atoms. The molecule has 0 saturated heterocycles. The van der Waals surface area contributed by atoms with E-state index in [1.165, 1.54) is 22.5 Å². The lowest BCUT2D eigenvalue weighted by Gasteiger charge is -2.24. The number of hydrazone groups is 1. The maximum absolute atomic E-state index is 10.2. The molecule has 150 valence electrons. The fraction of sp³-hybridized carbons (Fsp3) is 0.292. The number of anilines is 1. The highest BCUT2D eigenvalue weighted by Gasteiger charge is 2.24. The van der Waals surface area contributed by atoms with Crippen molar-refractivity contribution in [2.45, 2.75) is 39.8 Å². The molecule has 1 N–H and O–H groups in total. The number of rotatable bonds is 4. The van der Waals surface area contributed by atoms with Crippen LogP contribution in [0.25, 0.3) is 5.69 Å². The summed E-state index contributed by atoms with van der Waals surface area (Å²) in [6.07, 6.45) is 1.95. The zero-order valence-electron chi connectivity index (χ0n) is 17.6. The highest BCUT2D eigenvalue weighted by molar-refractivity contribution is 5.87. The minimum absolute atomic E-state index is 0.706. The highest BCUT2D eigenvalue weighted by Crippen LogP contribution is 2.32. The lowest BCUT2D eigenvalue weighted by Crippen LogP contribution is -2.21. The second kappa shape index (κ2) is 7.08. The van der Waals surface area contributed by atoms with Gasteiger partial charge in [0.25, 0.3) is 0 Å². The van der Waals surface area contributed by atoms with Crippen molar-refractivity contribution in [3.8, 4) is 11.4 Å². The molecule has 2 aromatic carbocycles. The quantitative estimate of drug-likeness (QED) is 0.705. The monoisotopic (exact) mass is 389 g/mol. The average Bonchev–Trinajstić information content (AvgIpc) is 2.97. The molecule has 0 aliphatic carbocycles. The van der Waals surface area contributed by atoms with E-state index in [1.807, 2.05) is 47.6 Å². The predicted molar refractivity (Wildman–Crippen MR) is 117 cm³/mol. The maximum atomic E-state index is 10.2. The third kappa shape index (κ3) is 3.42. The summed E-state index contributed by atoms with van der Waals surface area (Å²) in [6.45, 7) is 8.57. The van der Waals surface area contributed by atoms with Gasteiger partial charge in [-0.25, -0.2) is 0 Å². The Morgan fingerprint density at radius 3 is 2.38 bits per heavy atom. The second-order valence-corrected chi connectivity index (χ2v) is 8.01. The van der Waals surface area contributed by atoms with Gasteiger partial charge in [0.15, 0.2) is 0 Å². The third-order valence-electron chi connectivity index (χ3n) is 5.64. The Kier molecular flexibility index (Phi) is 4.71. The third-order valence-corrected chi connectivity index (χ3v) is 5.64. The van der Waals surface area contributed by atoms with Crippen LogP contribution in [0.15, 0.2) is 53.6 Å². The van der Waals surface area contributed by atoms with E-state index in [2.05, 4.69) is 35.6 Å². The van der Waals surface area contributed by atoms with Gasteiger partial charge in [-0.1, -0.05) is 18.2 Å². The van der Waals surface area contributed by atoms with Crippen LogP contribution in [-0.4, -0.2) is 23.0 Å². The molecule has 4 rings (SSSR count). The fourth-order valence-corrected chi connectivity index (χ4v) is 3.95. The van der Waals surface area contributed by atoms with Crippen LogP contribution >= 0.6 is 0 Å². The minimum Gasteiger partial charge on any atom is -0.497 e. The Balaban J connectivity index is 1.68. The smallest absolute Gasteiger partial charge is 0.120 e. The van der Waals surface area contributed by atoms with Crippen LogP contribution in [0.5, 0.6) is 5.75 Å². The molecular weight excluding hydrogens is 362 g/mol. The van der Waals surface area contributed by atoms with Crippen molar-refractivity contribution in [2.24, 2.45) is 5.10 Å². The summed E-state index contributed by atoms with van der Waals surface area (Å²) in [5.41, 5.74) is 6.95. The molecule has 1 aliphatic rings. The van der Waals surface area contributed by atoms with Gasteiger partial charge in [0.1, 0.15) is 5.75 Å². The zero-order valence-corrected chi connectivity index (χ0v) is 17.6. The SMILES string of the molecule is COc1cccc(-n2c(C)c3c(c2C)CN(c2ccc(C(C)(C)O)cc2)N=C3)c1. The summed E-state index contributed by atoms with van der Waals surface area (Å²) in [4.78, 5) is 0. The number of fused-ring (bicyclic) bond motifs is 1. The number of methoxy groups -OCH3 is 1. The van der Waals surface area contributed by atoms with E-state index in [1.54, 1.807) is 21.0 Å². The topological polar surface area (TPSA) is 50.0 Å². The van der Waals surface area contributed by atoms with Crippen molar-refractivity contribution in [1.29, 1.82) is 0 Å². The van der Waals surface area contributed by atoms with Crippen molar-refractivity contribution in [2.75, 3.05) is 12.1 Å². The molecule has 0 atom stereocenters. The van der Waals surface area contributed by atoms with Crippen molar-refractivity contribution in [1.82, 2.24) is 4.57 Å². The van der Waals surface area contributed by atoms with Crippen molar-refractivity contribution in [3.05, 3.63) is 76.6 Å². The summed E-state index contributed by atoms with van der Waals surface area (Å²) >= 11 is 0. The Hall–Kier alpha value is -3.05. The molecule has 0 fully saturated rings. The molecule has 2 heterocycles. The number of hydrogen-bond acceptors (Lipinski definition) is 4. The molecule has 5 nitrogen and oxygen atoms in total. The summed E-state index contributed by atoms with van der Waals surface area (Å²) in [7, 11) is 1.69. The van der Waals surface area contributed by atoms with Crippen LogP contribution in [0.1, 0.15) is 41.9 Å². The molecule has 0 radical (unpaired) electrons. The minimum atomic E-state index is -0.849. The number of hydrogen-bond donors (Lipinski definition) is 1. The van der Waals surface area contributed by atoms with E-state index in [9.17, 15) is 5.11 Å². The molecule has 5 heteroatoms. The Morgan fingerprint density at radius 2 is 1.72 bits per heavy atom. The molecule has 0 spiro atoms. The maximum Gasteiger partial charge on any atom is 0.120 e. The van der Waals surface area contributed by atoms with Crippen molar-refractivity contribution < 1.29 is 9.84 Å². The molecule has 0 bridgehead atoms. The van der Waals surface area contributed by atoms with Crippen LogP contribution < -0.4 is 9.75 Å². The number of aromatic nitrogens is 1. The van der Waals surface area contributed by atoms with Crippen LogP contribution in [0, 0.1) is 13.8 Å². The lowest BCUT2D eigenvalue weighted by atomic mass is 9.98. The summed E-state index contributed by atoms with van der Waals surface area (Å²) < 4.78 is 7.66. The van der Waals surface area contributed by atoms with Gasteiger partial charge in [-0.05, 0) is 57.5 Å². The van der Waals surface area contributed by atoms with Crippen LogP contribution in [0.4, 0.5) is 5.69 Å². The molecule has 3 aromatic rings. The van der Waals surface area contributed by atoms with Crippen molar-refractivity contribution in [3.63, 3.8) is 0 Å². The van der Waals surface area contributed by atoms with Gasteiger partial charge in [-0.15, -0.1) is 0 Å². The number of nitrogens with zero attached hydrogens (tertiary/aromatic N) is 3. The van der Waals surface area contributed by atoms with E-state index in [0.717, 1.165) is 22.7 Å². The normalized spacial score (nSPS) is 13.5. The van der Waals surface area contributed by atoms with Crippen LogP contribution in [0.3, 0.4) is 0 Å². The number of benzene rings is 2. The van der Waals surface area contributed by atoms with E-state index < -0.39 is 5.60 Å². The van der Waals surface area contributed by atoms with Gasteiger partial charge >= 0.3 is 0 Å². The zero-order chi connectivity index (χ0) is 20.8. The Labute approximate surface area is 171 Å². The summed E-state index contributed by atoms with van der Waals surface area (Å²) in [6, 6.07) is 16.1. The Bertz CT molecular complexity index is 1070. The first kappa shape index (κ1) is 19.3. The molecular formula is C24H27N3O2. The first-order valence-corrected chi connectivity index (χ1v) is 9.79. The number of aliphatic hydroxyl groups is 1. The van der Waals surface area contributed by atoms with E-state index in [0.29, 0.717) is 6.54 Å². The predicted octanol–water partition coefficient (Wildman–Crippen LogP) is 4.68. The summed E-state index contributed by atoms with van der Waals surface area (Å²) in [5, 5.41) is 16.9. The van der Waals surface area contributed by atoms with Gasteiger partial charge in [0.2, 0.25) is 0 Å². The summed E-state index contributed by atoms with van der Waals surface area (Å²) in [5.74, 6) is 0.843. The van der Waals surface area contributed by atoms with Gasteiger partial charge in [0, 0.05) is 34.3 Å². The Morgan fingerprint density at radius 1 is 1.00 bits per heavy atom. The van der Waals surface area contributed by atoms with Gasteiger partial charge in [-0.2, -0.15) is 5.10 Å². The van der Waals surface area contributed by atoms with Gasteiger partial charge in [-0.3, -0.25) is 5.01 Å². The largest absolute Gasteiger partial charge is 0.497 e. The second-order valence-electron chi connectivity index (χ2n) is 8.01. The molecule has 0 amide bonds. The van der Waals surface area contributed by atoms with E-state index in [4.69, 9.17) is 4.74 Å².